The second-order valence-corrected chi connectivity index (χ2v) is 4.32. The zero-order valence-corrected chi connectivity index (χ0v) is 10.3. The van der Waals surface area contributed by atoms with E-state index in [1.807, 2.05) is 44.1 Å². The Morgan fingerprint density at radius 2 is 2.12 bits per heavy atom. The molecule has 2 rings (SSSR count). The first-order valence-corrected chi connectivity index (χ1v) is 5.40. The van der Waals surface area contributed by atoms with E-state index in [1.165, 1.54) is 0 Å². The molecule has 1 aromatic heterocycles. The van der Waals surface area contributed by atoms with Gasteiger partial charge in [-0.2, -0.15) is 4.98 Å². The molecule has 0 unspecified atom stereocenters. The average Bonchev–Trinajstić information content (AvgIpc) is 2.69. The third-order valence-corrected chi connectivity index (χ3v) is 2.45. The molecule has 0 radical (unpaired) electrons. The fraction of sp³-hybridized carbons (Fsp3) is 0.333. The summed E-state index contributed by atoms with van der Waals surface area (Å²) in [6.07, 6.45) is 0. The maximum absolute atomic E-state index is 5.85. The quantitative estimate of drug-likeness (QED) is 0.815. The lowest BCUT2D eigenvalue weighted by atomic mass is 10.1. The number of anilines is 1. The molecule has 0 atom stereocenters. The molecule has 17 heavy (non-hydrogen) atoms. The lowest BCUT2D eigenvalue weighted by Crippen LogP contribution is -2.11. The molecule has 0 bridgehead atoms. The molecular formula is C12H16N4O. The van der Waals surface area contributed by atoms with Gasteiger partial charge in [0.1, 0.15) is 0 Å². The van der Waals surface area contributed by atoms with Crippen LogP contribution in [0.3, 0.4) is 0 Å². The number of aromatic nitrogens is 2. The van der Waals surface area contributed by atoms with Crippen LogP contribution in [0.25, 0.3) is 11.5 Å². The third kappa shape index (κ3) is 2.62. The Morgan fingerprint density at radius 3 is 2.76 bits per heavy atom. The average molecular weight is 232 g/mol. The highest BCUT2D eigenvalue weighted by atomic mass is 16.5. The summed E-state index contributed by atoms with van der Waals surface area (Å²) in [6, 6.07) is 5.72. The lowest BCUT2D eigenvalue weighted by Gasteiger charge is -2.03. The van der Waals surface area contributed by atoms with Crippen molar-refractivity contribution in [2.24, 2.45) is 0 Å². The Hall–Kier alpha value is -1.88. The maximum atomic E-state index is 5.85. The molecule has 0 aliphatic heterocycles. The Bertz CT molecular complexity index is 519. The second kappa shape index (κ2) is 4.55. The van der Waals surface area contributed by atoms with Crippen molar-refractivity contribution >= 4 is 5.69 Å². The summed E-state index contributed by atoms with van der Waals surface area (Å²) >= 11 is 0. The van der Waals surface area contributed by atoms with E-state index < -0.39 is 0 Å². The van der Waals surface area contributed by atoms with Crippen molar-refractivity contribution in [3.05, 3.63) is 29.6 Å². The third-order valence-electron chi connectivity index (χ3n) is 2.45. The first kappa shape index (κ1) is 11.6. The minimum absolute atomic E-state index is 0.508. The molecule has 0 spiro atoms. The van der Waals surface area contributed by atoms with Crippen LogP contribution in [0.1, 0.15) is 11.4 Å². The molecule has 5 heteroatoms. The van der Waals surface area contributed by atoms with Crippen LogP contribution in [-0.4, -0.2) is 29.1 Å². The first-order chi connectivity index (χ1) is 8.06. The van der Waals surface area contributed by atoms with E-state index in [9.17, 15) is 0 Å². The van der Waals surface area contributed by atoms with Gasteiger partial charge in [0.25, 0.3) is 5.89 Å². The Labute approximate surface area is 100 Å². The molecule has 1 heterocycles. The predicted octanol–water partition coefficient (Wildman–Crippen LogP) is 1.69. The van der Waals surface area contributed by atoms with Crippen LogP contribution in [0.4, 0.5) is 5.69 Å². The van der Waals surface area contributed by atoms with Crippen LogP contribution in [0.15, 0.2) is 22.7 Å². The van der Waals surface area contributed by atoms with Gasteiger partial charge < -0.3 is 15.2 Å². The number of nitrogens with zero attached hydrogens (tertiary/aromatic N) is 3. The van der Waals surface area contributed by atoms with Gasteiger partial charge in [0, 0.05) is 11.3 Å². The highest BCUT2D eigenvalue weighted by Crippen LogP contribution is 2.22. The first-order valence-electron chi connectivity index (χ1n) is 5.40. The summed E-state index contributed by atoms with van der Waals surface area (Å²) in [5, 5.41) is 3.92. The highest BCUT2D eigenvalue weighted by Gasteiger charge is 2.10. The number of aryl methyl sites for hydroxylation is 1. The minimum atomic E-state index is 0.508. The van der Waals surface area contributed by atoms with E-state index in [1.54, 1.807) is 0 Å². The van der Waals surface area contributed by atoms with E-state index >= 15 is 0 Å². The van der Waals surface area contributed by atoms with Gasteiger partial charge in [0.2, 0.25) is 0 Å². The van der Waals surface area contributed by atoms with Crippen molar-refractivity contribution in [3.63, 3.8) is 0 Å². The zero-order chi connectivity index (χ0) is 12.4. The van der Waals surface area contributed by atoms with Gasteiger partial charge in [-0.05, 0) is 38.7 Å². The van der Waals surface area contributed by atoms with Gasteiger partial charge in [0.15, 0.2) is 5.82 Å². The van der Waals surface area contributed by atoms with Crippen molar-refractivity contribution in [1.82, 2.24) is 15.0 Å². The van der Waals surface area contributed by atoms with E-state index in [-0.39, 0.29) is 0 Å². The fourth-order valence-corrected chi connectivity index (χ4v) is 1.49. The summed E-state index contributed by atoms with van der Waals surface area (Å²) in [5.74, 6) is 1.18. The predicted molar refractivity (Wildman–Crippen MR) is 66.3 cm³/mol. The van der Waals surface area contributed by atoms with Crippen LogP contribution in [0, 0.1) is 6.92 Å². The van der Waals surface area contributed by atoms with Gasteiger partial charge in [-0.15, -0.1) is 0 Å². The van der Waals surface area contributed by atoms with Crippen LogP contribution < -0.4 is 5.73 Å². The van der Waals surface area contributed by atoms with E-state index in [0.717, 1.165) is 16.8 Å². The van der Waals surface area contributed by atoms with Gasteiger partial charge in [-0.25, -0.2) is 0 Å². The monoisotopic (exact) mass is 232 g/mol. The lowest BCUT2D eigenvalue weighted by molar-refractivity contribution is 0.365. The largest absolute Gasteiger partial charge is 0.398 e. The molecule has 0 saturated heterocycles. The fourth-order valence-electron chi connectivity index (χ4n) is 1.49. The van der Waals surface area contributed by atoms with Crippen LogP contribution in [0.2, 0.25) is 0 Å². The number of hydrogen-bond acceptors (Lipinski definition) is 5. The van der Waals surface area contributed by atoms with Gasteiger partial charge >= 0.3 is 0 Å². The molecule has 0 aliphatic rings. The topological polar surface area (TPSA) is 68.2 Å². The zero-order valence-electron chi connectivity index (χ0n) is 10.3. The summed E-state index contributed by atoms with van der Waals surface area (Å²) in [4.78, 5) is 6.30. The minimum Gasteiger partial charge on any atom is -0.398 e. The summed E-state index contributed by atoms with van der Waals surface area (Å²) < 4.78 is 5.20. The highest BCUT2D eigenvalue weighted by molar-refractivity contribution is 5.62. The molecule has 0 saturated carbocycles. The smallest absolute Gasteiger partial charge is 0.258 e. The van der Waals surface area contributed by atoms with E-state index in [0.29, 0.717) is 18.3 Å². The van der Waals surface area contributed by atoms with Crippen molar-refractivity contribution in [3.8, 4) is 11.5 Å². The summed E-state index contributed by atoms with van der Waals surface area (Å²) in [7, 11) is 3.92. The molecule has 2 N–H and O–H groups in total. The Balaban J connectivity index is 2.27. The summed E-state index contributed by atoms with van der Waals surface area (Å²) in [5.41, 5.74) is 8.47. The summed E-state index contributed by atoms with van der Waals surface area (Å²) in [6.45, 7) is 2.62. The molecule has 0 fully saturated rings. The van der Waals surface area contributed by atoms with E-state index in [2.05, 4.69) is 10.1 Å². The molecule has 1 aromatic carbocycles. The normalized spacial score (nSPS) is 11.1. The molecule has 5 nitrogen and oxygen atoms in total. The number of benzene rings is 1. The molecule has 90 valence electrons. The maximum Gasteiger partial charge on any atom is 0.258 e. The van der Waals surface area contributed by atoms with Crippen molar-refractivity contribution in [2.75, 3.05) is 19.8 Å². The van der Waals surface area contributed by atoms with Crippen molar-refractivity contribution < 1.29 is 4.52 Å². The van der Waals surface area contributed by atoms with Crippen molar-refractivity contribution in [1.29, 1.82) is 0 Å². The second-order valence-electron chi connectivity index (χ2n) is 4.32. The number of hydrogen-bond donors (Lipinski definition) is 1. The van der Waals surface area contributed by atoms with Crippen LogP contribution in [-0.2, 0) is 6.54 Å². The number of nitrogen functional groups attached to an aromatic ring is 1. The number of rotatable bonds is 3. The molecule has 0 amide bonds. The van der Waals surface area contributed by atoms with Gasteiger partial charge in [-0.1, -0.05) is 11.2 Å². The van der Waals surface area contributed by atoms with Crippen molar-refractivity contribution in [2.45, 2.75) is 13.5 Å². The van der Waals surface area contributed by atoms with Gasteiger partial charge in [-0.3, -0.25) is 0 Å². The number of nitrogens with two attached hydrogens (primary N) is 1. The molecule has 0 aliphatic carbocycles. The van der Waals surface area contributed by atoms with Crippen LogP contribution in [0.5, 0.6) is 0 Å². The van der Waals surface area contributed by atoms with Gasteiger partial charge in [0.05, 0.1) is 6.54 Å². The molecular weight excluding hydrogens is 216 g/mol. The Morgan fingerprint density at radius 1 is 1.35 bits per heavy atom. The Kier molecular flexibility index (Phi) is 3.10. The molecule has 2 aromatic rings. The van der Waals surface area contributed by atoms with E-state index in [4.69, 9.17) is 10.3 Å². The standard InChI is InChI=1S/C12H16N4O/c1-8-4-5-9(6-10(8)13)12-14-11(15-17-12)7-16(2)3/h4-6H,7,13H2,1-3H3. The van der Waals surface area contributed by atoms with Crippen LogP contribution >= 0.6 is 0 Å². The SMILES string of the molecule is Cc1ccc(-c2nc(CN(C)C)no2)cc1N.